The summed E-state index contributed by atoms with van der Waals surface area (Å²) in [7, 11) is 0. The summed E-state index contributed by atoms with van der Waals surface area (Å²) >= 11 is 4.88. The summed E-state index contributed by atoms with van der Waals surface area (Å²) in [5.41, 5.74) is -0.875. The van der Waals surface area contributed by atoms with Crippen molar-refractivity contribution in [2.24, 2.45) is 0 Å². The highest BCUT2D eigenvalue weighted by atomic mass is 127. The van der Waals surface area contributed by atoms with E-state index in [-0.39, 0.29) is 9.86 Å². The van der Waals surface area contributed by atoms with Crippen LogP contribution in [-0.2, 0) is 0 Å². The van der Waals surface area contributed by atoms with E-state index >= 15 is 0 Å². The van der Waals surface area contributed by atoms with Crippen molar-refractivity contribution < 1.29 is 4.39 Å². The predicted molar refractivity (Wildman–Crippen MR) is 65.6 cm³/mol. The van der Waals surface area contributed by atoms with E-state index in [1.54, 1.807) is 0 Å². The van der Waals surface area contributed by atoms with Crippen LogP contribution >= 0.6 is 38.5 Å². The van der Waals surface area contributed by atoms with Crippen molar-refractivity contribution in [3.05, 3.63) is 40.8 Å². The van der Waals surface area contributed by atoms with E-state index in [0.717, 1.165) is 6.07 Å². The minimum atomic E-state index is -0.607. The van der Waals surface area contributed by atoms with Gasteiger partial charge in [-0.05, 0) is 44.6 Å². The zero-order chi connectivity index (χ0) is 11.2. The number of halogens is 3. The van der Waals surface area contributed by atoms with E-state index in [1.807, 2.05) is 27.6 Å². The number of benzene rings is 1. The Labute approximate surface area is 104 Å². The quantitative estimate of drug-likeness (QED) is 0.536. The van der Waals surface area contributed by atoms with E-state index in [1.165, 1.54) is 0 Å². The fourth-order valence-corrected chi connectivity index (χ4v) is 2.21. The lowest BCUT2D eigenvalue weighted by Gasteiger charge is -2.02. The third-order valence-electron chi connectivity index (χ3n) is 1.87. The molecule has 4 nitrogen and oxygen atoms in total. The second-order valence-corrected chi connectivity index (χ2v) is 4.69. The molecule has 7 heteroatoms. The van der Waals surface area contributed by atoms with Crippen LogP contribution in [0.3, 0.4) is 0 Å². The van der Waals surface area contributed by atoms with Gasteiger partial charge in [0.1, 0.15) is 5.82 Å². The average molecular weight is 385 g/mol. The number of fused-ring (bicyclic) bond motifs is 1. The molecule has 15 heavy (non-hydrogen) atoms. The molecule has 0 fully saturated rings. The summed E-state index contributed by atoms with van der Waals surface area (Å²) in [5, 5.41) is 0.125. The lowest BCUT2D eigenvalue weighted by Crippen LogP contribution is -2.22. The molecule has 1 heterocycles. The van der Waals surface area contributed by atoms with Gasteiger partial charge in [-0.15, -0.1) is 0 Å². The fourth-order valence-electron chi connectivity index (χ4n) is 1.21. The topological polar surface area (TPSA) is 65.7 Å². The summed E-state index contributed by atoms with van der Waals surface area (Å²) in [4.78, 5) is 26.9. The maximum Gasteiger partial charge on any atom is 0.326 e. The fraction of sp³-hybridized carbons (Fsp3) is 0. The molecule has 2 N–H and O–H groups in total. The van der Waals surface area contributed by atoms with Crippen LogP contribution in [0.25, 0.3) is 10.9 Å². The first-order chi connectivity index (χ1) is 7.00. The van der Waals surface area contributed by atoms with Crippen LogP contribution in [0.1, 0.15) is 0 Å². The highest BCUT2D eigenvalue weighted by molar-refractivity contribution is 14.1. The van der Waals surface area contributed by atoms with Gasteiger partial charge in [-0.25, -0.2) is 9.18 Å². The summed E-state index contributed by atoms with van der Waals surface area (Å²) in [6, 6.07) is 1.08. The summed E-state index contributed by atoms with van der Waals surface area (Å²) in [6.07, 6.45) is 0. The summed E-state index contributed by atoms with van der Waals surface area (Å²) in [5.74, 6) is -0.538. The number of H-pyrrole nitrogens is 2. The molecule has 0 amide bonds. The molecule has 0 radical (unpaired) electrons. The van der Waals surface area contributed by atoms with Gasteiger partial charge in [0, 0.05) is 0 Å². The van der Waals surface area contributed by atoms with Crippen molar-refractivity contribution >= 4 is 49.4 Å². The molecule has 0 saturated heterocycles. The molecular weight excluding hydrogens is 382 g/mol. The summed E-state index contributed by atoms with van der Waals surface area (Å²) in [6.45, 7) is 0. The van der Waals surface area contributed by atoms with Crippen LogP contribution in [0.4, 0.5) is 4.39 Å². The van der Waals surface area contributed by atoms with E-state index < -0.39 is 17.1 Å². The largest absolute Gasteiger partial charge is 0.326 e. The van der Waals surface area contributed by atoms with Gasteiger partial charge in [-0.3, -0.25) is 9.78 Å². The monoisotopic (exact) mass is 384 g/mol. The SMILES string of the molecule is O=c1[nH]c(=O)c2cc(F)c(Br)c(I)c2[nH]1. The molecule has 2 aromatic rings. The molecule has 0 spiro atoms. The molecule has 1 aromatic heterocycles. The Hall–Kier alpha value is -0.700. The van der Waals surface area contributed by atoms with Crippen LogP contribution < -0.4 is 11.2 Å². The zero-order valence-electron chi connectivity index (χ0n) is 7.03. The van der Waals surface area contributed by atoms with E-state index in [2.05, 4.69) is 20.9 Å². The Kier molecular flexibility index (Phi) is 2.67. The third kappa shape index (κ3) is 1.73. The number of nitrogens with one attached hydrogen (secondary N) is 2. The number of hydrogen-bond donors (Lipinski definition) is 2. The predicted octanol–water partition coefficient (Wildman–Crippen LogP) is 1.72. The highest BCUT2D eigenvalue weighted by Crippen LogP contribution is 2.27. The normalized spacial score (nSPS) is 10.9. The van der Waals surface area contributed by atoms with Gasteiger partial charge in [0.25, 0.3) is 5.56 Å². The maximum absolute atomic E-state index is 13.3. The molecular formula is C8H3BrFIN2O2. The maximum atomic E-state index is 13.3. The first-order valence-electron chi connectivity index (χ1n) is 3.80. The Morgan fingerprint density at radius 2 is 2.00 bits per heavy atom. The van der Waals surface area contributed by atoms with Crippen molar-refractivity contribution in [1.82, 2.24) is 9.97 Å². The minimum Gasteiger partial charge on any atom is -0.306 e. The number of rotatable bonds is 0. The molecule has 0 unspecified atom stereocenters. The Bertz CT molecular complexity index is 664. The molecule has 0 aliphatic heterocycles. The molecule has 0 saturated carbocycles. The first kappa shape index (κ1) is 10.8. The van der Waals surface area contributed by atoms with Crippen LogP contribution in [0.15, 0.2) is 20.1 Å². The smallest absolute Gasteiger partial charge is 0.306 e. The third-order valence-corrected chi connectivity index (χ3v) is 4.47. The van der Waals surface area contributed by atoms with Crippen molar-refractivity contribution in [1.29, 1.82) is 0 Å². The Morgan fingerprint density at radius 1 is 1.33 bits per heavy atom. The second-order valence-electron chi connectivity index (χ2n) is 2.82. The molecule has 0 bridgehead atoms. The highest BCUT2D eigenvalue weighted by Gasteiger charge is 2.12. The summed E-state index contributed by atoms with van der Waals surface area (Å²) < 4.78 is 14.0. The molecule has 1 aromatic carbocycles. The van der Waals surface area contributed by atoms with E-state index in [4.69, 9.17) is 0 Å². The molecule has 0 atom stereocenters. The minimum absolute atomic E-state index is 0.125. The number of hydrogen-bond acceptors (Lipinski definition) is 2. The van der Waals surface area contributed by atoms with Gasteiger partial charge < -0.3 is 4.98 Å². The van der Waals surface area contributed by atoms with Gasteiger partial charge in [0.05, 0.1) is 18.9 Å². The van der Waals surface area contributed by atoms with Crippen molar-refractivity contribution in [2.45, 2.75) is 0 Å². The first-order valence-corrected chi connectivity index (χ1v) is 5.67. The average Bonchev–Trinajstić information content (AvgIpc) is 2.17. The van der Waals surface area contributed by atoms with Crippen LogP contribution in [0, 0.1) is 9.39 Å². The van der Waals surface area contributed by atoms with E-state index in [0.29, 0.717) is 9.09 Å². The van der Waals surface area contributed by atoms with E-state index in [9.17, 15) is 14.0 Å². The van der Waals surface area contributed by atoms with Gasteiger partial charge in [0.2, 0.25) is 0 Å². The standard InChI is InChI=1S/C8H3BrFIN2O2/c9-4-3(10)1-2-6(5(4)11)12-8(15)13-7(2)14/h1H,(H2,12,13,14,15). The van der Waals surface area contributed by atoms with Crippen LogP contribution in [0.2, 0.25) is 0 Å². The molecule has 0 aliphatic carbocycles. The van der Waals surface area contributed by atoms with Gasteiger partial charge in [0.15, 0.2) is 0 Å². The lowest BCUT2D eigenvalue weighted by atomic mass is 10.2. The number of aromatic nitrogens is 2. The molecule has 2 rings (SSSR count). The van der Waals surface area contributed by atoms with Crippen molar-refractivity contribution in [3.63, 3.8) is 0 Å². The zero-order valence-corrected chi connectivity index (χ0v) is 10.8. The van der Waals surface area contributed by atoms with Crippen molar-refractivity contribution in [3.8, 4) is 0 Å². The Morgan fingerprint density at radius 3 is 2.67 bits per heavy atom. The van der Waals surface area contributed by atoms with Crippen LogP contribution in [-0.4, -0.2) is 9.97 Å². The lowest BCUT2D eigenvalue weighted by molar-refractivity contribution is 0.621. The number of aromatic amines is 2. The van der Waals surface area contributed by atoms with Crippen molar-refractivity contribution in [2.75, 3.05) is 0 Å². The molecule has 78 valence electrons. The van der Waals surface area contributed by atoms with Gasteiger partial charge in [-0.2, -0.15) is 0 Å². The van der Waals surface area contributed by atoms with Crippen LogP contribution in [0.5, 0.6) is 0 Å². The Balaban J connectivity index is 3.12. The van der Waals surface area contributed by atoms with Gasteiger partial charge >= 0.3 is 5.69 Å². The van der Waals surface area contributed by atoms with Gasteiger partial charge in [-0.1, -0.05) is 0 Å². The molecule has 0 aliphatic rings. The second kappa shape index (κ2) is 3.71.